The van der Waals surface area contributed by atoms with Crippen LogP contribution in [0.3, 0.4) is 0 Å². The maximum atomic E-state index is 5.22. The summed E-state index contributed by atoms with van der Waals surface area (Å²) >= 11 is 0. The van der Waals surface area contributed by atoms with Crippen molar-refractivity contribution >= 4 is 0 Å². The van der Waals surface area contributed by atoms with Gasteiger partial charge in [-0.2, -0.15) is 0 Å². The number of hydrogen-bond acceptors (Lipinski definition) is 3. The Bertz CT molecular complexity index is 469. The summed E-state index contributed by atoms with van der Waals surface area (Å²) in [6.45, 7) is 2.02. The van der Waals surface area contributed by atoms with Crippen molar-refractivity contribution in [1.29, 1.82) is 0 Å². The molecular formula is C12H12N2O. The fraction of sp³-hybridized carbons (Fsp3) is 0.167. The Balaban J connectivity index is 2.59. The zero-order chi connectivity index (χ0) is 10.7. The third-order valence-electron chi connectivity index (χ3n) is 2.27. The molecule has 0 fully saturated rings. The summed E-state index contributed by atoms with van der Waals surface area (Å²) in [6, 6.07) is 5.86. The maximum absolute atomic E-state index is 5.22. The first-order chi connectivity index (χ1) is 7.33. The van der Waals surface area contributed by atoms with Crippen LogP contribution in [0.15, 0.2) is 36.8 Å². The molecule has 0 aliphatic heterocycles. The average Bonchev–Trinajstić information content (AvgIpc) is 2.30. The summed E-state index contributed by atoms with van der Waals surface area (Å²) in [5.41, 5.74) is 3.22. The molecule has 0 spiro atoms. The molecule has 15 heavy (non-hydrogen) atoms. The van der Waals surface area contributed by atoms with Gasteiger partial charge in [0.15, 0.2) is 0 Å². The van der Waals surface area contributed by atoms with Gasteiger partial charge in [0.05, 0.1) is 7.11 Å². The summed E-state index contributed by atoms with van der Waals surface area (Å²) in [5.74, 6) is 0.645. The summed E-state index contributed by atoms with van der Waals surface area (Å²) in [5, 5.41) is 0. The van der Waals surface area contributed by atoms with Crippen LogP contribution >= 0.6 is 0 Å². The normalized spacial score (nSPS) is 10.0. The van der Waals surface area contributed by atoms with Gasteiger partial charge in [0, 0.05) is 24.2 Å². The van der Waals surface area contributed by atoms with Gasteiger partial charge in [-0.05, 0) is 36.2 Å². The first-order valence-electron chi connectivity index (χ1n) is 4.73. The lowest BCUT2D eigenvalue weighted by Gasteiger charge is -2.08. The number of pyridine rings is 2. The summed E-state index contributed by atoms with van der Waals surface area (Å²) in [6.07, 6.45) is 5.33. The summed E-state index contributed by atoms with van der Waals surface area (Å²) in [7, 11) is 1.63. The van der Waals surface area contributed by atoms with E-state index >= 15 is 0 Å². The van der Waals surface area contributed by atoms with Crippen LogP contribution in [0.1, 0.15) is 5.56 Å². The van der Waals surface area contributed by atoms with Crippen LogP contribution in [0.5, 0.6) is 5.88 Å². The first-order valence-corrected chi connectivity index (χ1v) is 4.73. The van der Waals surface area contributed by atoms with Gasteiger partial charge in [-0.1, -0.05) is 0 Å². The smallest absolute Gasteiger partial charge is 0.221 e. The van der Waals surface area contributed by atoms with Gasteiger partial charge in [-0.25, -0.2) is 4.98 Å². The molecule has 0 radical (unpaired) electrons. The van der Waals surface area contributed by atoms with E-state index in [1.807, 2.05) is 31.3 Å². The molecule has 0 unspecified atom stereocenters. The average molecular weight is 200 g/mol. The second kappa shape index (κ2) is 4.09. The van der Waals surface area contributed by atoms with Gasteiger partial charge in [0.2, 0.25) is 5.88 Å². The monoisotopic (exact) mass is 200 g/mol. The topological polar surface area (TPSA) is 35.0 Å². The van der Waals surface area contributed by atoms with Crippen molar-refractivity contribution in [2.75, 3.05) is 7.11 Å². The molecule has 0 bridgehead atoms. The Morgan fingerprint density at radius 3 is 2.73 bits per heavy atom. The molecule has 0 saturated carbocycles. The Labute approximate surface area is 88.8 Å². The lowest BCUT2D eigenvalue weighted by atomic mass is 10.0. The molecular weight excluding hydrogens is 188 g/mol. The lowest BCUT2D eigenvalue weighted by molar-refractivity contribution is 0.399. The molecule has 3 nitrogen and oxygen atoms in total. The molecule has 0 aliphatic rings. The Morgan fingerprint density at radius 1 is 1.13 bits per heavy atom. The van der Waals surface area contributed by atoms with Gasteiger partial charge in [-0.3, -0.25) is 4.98 Å². The molecule has 2 heterocycles. The zero-order valence-electron chi connectivity index (χ0n) is 8.77. The molecule has 0 saturated heterocycles. The van der Waals surface area contributed by atoms with E-state index in [4.69, 9.17) is 4.74 Å². The van der Waals surface area contributed by atoms with Crippen molar-refractivity contribution in [3.8, 4) is 17.0 Å². The van der Waals surface area contributed by atoms with Gasteiger partial charge in [0.25, 0.3) is 0 Å². The molecule has 2 aromatic heterocycles. The molecule has 0 atom stereocenters. The SMILES string of the molecule is COc1ncccc1-c1ccncc1C. The molecule has 0 aliphatic carbocycles. The van der Waals surface area contributed by atoms with Crippen molar-refractivity contribution in [3.05, 3.63) is 42.4 Å². The number of hydrogen-bond donors (Lipinski definition) is 0. The highest BCUT2D eigenvalue weighted by molar-refractivity contribution is 5.70. The predicted octanol–water partition coefficient (Wildman–Crippen LogP) is 2.46. The Hall–Kier alpha value is -1.90. The van der Waals surface area contributed by atoms with Crippen LogP contribution in [-0.4, -0.2) is 17.1 Å². The Kier molecular flexibility index (Phi) is 2.63. The van der Waals surface area contributed by atoms with E-state index in [9.17, 15) is 0 Å². The predicted molar refractivity (Wildman–Crippen MR) is 58.8 cm³/mol. The van der Waals surface area contributed by atoms with Crippen molar-refractivity contribution in [1.82, 2.24) is 9.97 Å². The van der Waals surface area contributed by atoms with E-state index in [2.05, 4.69) is 9.97 Å². The van der Waals surface area contributed by atoms with E-state index in [-0.39, 0.29) is 0 Å². The van der Waals surface area contributed by atoms with Gasteiger partial charge in [-0.15, -0.1) is 0 Å². The third-order valence-corrected chi connectivity index (χ3v) is 2.27. The van der Waals surface area contributed by atoms with E-state index in [0.29, 0.717) is 5.88 Å². The number of ether oxygens (including phenoxy) is 1. The lowest BCUT2D eigenvalue weighted by Crippen LogP contribution is -1.92. The highest BCUT2D eigenvalue weighted by Crippen LogP contribution is 2.29. The maximum Gasteiger partial charge on any atom is 0.221 e. The molecule has 0 N–H and O–H groups in total. The van der Waals surface area contributed by atoms with Crippen LogP contribution in [0.4, 0.5) is 0 Å². The molecule has 0 amide bonds. The molecule has 76 valence electrons. The molecule has 2 aromatic rings. The molecule has 3 heteroatoms. The van der Waals surface area contributed by atoms with Crippen LogP contribution in [0, 0.1) is 6.92 Å². The zero-order valence-corrected chi connectivity index (χ0v) is 8.77. The number of nitrogens with zero attached hydrogens (tertiary/aromatic N) is 2. The van der Waals surface area contributed by atoms with Gasteiger partial charge < -0.3 is 4.74 Å². The highest BCUT2D eigenvalue weighted by atomic mass is 16.5. The van der Waals surface area contributed by atoms with E-state index in [0.717, 1.165) is 16.7 Å². The minimum Gasteiger partial charge on any atom is -0.481 e. The minimum absolute atomic E-state index is 0.645. The van der Waals surface area contributed by atoms with Crippen LogP contribution in [-0.2, 0) is 0 Å². The van der Waals surface area contributed by atoms with Crippen molar-refractivity contribution in [2.24, 2.45) is 0 Å². The Morgan fingerprint density at radius 2 is 2.00 bits per heavy atom. The summed E-state index contributed by atoms with van der Waals surface area (Å²) in [4.78, 5) is 8.24. The van der Waals surface area contributed by atoms with Gasteiger partial charge in [0.1, 0.15) is 0 Å². The molecule has 2 rings (SSSR count). The van der Waals surface area contributed by atoms with Crippen molar-refractivity contribution in [3.63, 3.8) is 0 Å². The summed E-state index contributed by atoms with van der Waals surface area (Å²) < 4.78 is 5.22. The molecule has 0 aromatic carbocycles. The fourth-order valence-electron chi connectivity index (χ4n) is 1.53. The minimum atomic E-state index is 0.645. The largest absolute Gasteiger partial charge is 0.481 e. The second-order valence-electron chi connectivity index (χ2n) is 3.25. The number of methoxy groups -OCH3 is 1. The van der Waals surface area contributed by atoms with Crippen molar-refractivity contribution in [2.45, 2.75) is 6.92 Å². The van der Waals surface area contributed by atoms with Crippen LogP contribution in [0.25, 0.3) is 11.1 Å². The van der Waals surface area contributed by atoms with E-state index in [1.165, 1.54) is 0 Å². The number of aromatic nitrogens is 2. The highest BCUT2D eigenvalue weighted by Gasteiger charge is 2.07. The van der Waals surface area contributed by atoms with Crippen LogP contribution in [0.2, 0.25) is 0 Å². The first kappa shape index (κ1) is 9.65. The van der Waals surface area contributed by atoms with Crippen LogP contribution < -0.4 is 4.74 Å². The second-order valence-corrected chi connectivity index (χ2v) is 3.25. The van der Waals surface area contributed by atoms with Crippen molar-refractivity contribution < 1.29 is 4.74 Å². The van der Waals surface area contributed by atoms with Gasteiger partial charge >= 0.3 is 0 Å². The number of aryl methyl sites for hydroxylation is 1. The van der Waals surface area contributed by atoms with E-state index in [1.54, 1.807) is 19.5 Å². The quantitative estimate of drug-likeness (QED) is 0.747. The third kappa shape index (κ3) is 1.81. The number of rotatable bonds is 2. The standard InChI is InChI=1S/C12H12N2O/c1-9-8-13-7-5-10(9)11-4-3-6-14-12(11)15-2/h3-8H,1-2H3. The van der Waals surface area contributed by atoms with E-state index < -0.39 is 0 Å². The fourth-order valence-corrected chi connectivity index (χ4v) is 1.53.